The number of carbonyl (C=O) groups is 1. The van der Waals surface area contributed by atoms with Crippen LogP contribution in [-0.4, -0.2) is 30.3 Å². The highest BCUT2D eigenvalue weighted by Crippen LogP contribution is 2.44. The first kappa shape index (κ1) is 6.91. The molecule has 2 aliphatic rings. The van der Waals surface area contributed by atoms with Gasteiger partial charge in [-0.1, -0.05) is 0 Å². The number of hydrogen-bond acceptors (Lipinski definition) is 2. The van der Waals surface area contributed by atoms with Gasteiger partial charge in [0.15, 0.2) is 0 Å². The van der Waals surface area contributed by atoms with E-state index >= 15 is 0 Å². The van der Waals surface area contributed by atoms with Gasteiger partial charge in [-0.05, 0) is 12.8 Å². The lowest BCUT2D eigenvalue weighted by Gasteiger charge is -2.55. The second-order valence-electron chi connectivity index (χ2n) is 3.51. The van der Waals surface area contributed by atoms with E-state index < -0.39 is 6.09 Å². The Morgan fingerprint density at radius 2 is 2.36 bits per heavy atom. The first-order valence-electron chi connectivity index (χ1n) is 3.93. The summed E-state index contributed by atoms with van der Waals surface area (Å²) in [5.74, 6) is 0. The van der Waals surface area contributed by atoms with Crippen LogP contribution in [0.4, 0.5) is 4.79 Å². The van der Waals surface area contributed by atoms with Gasteiger partial charge in [0.2, 0.25) is 0 Å². The Bertz CT molecular complexity index is 183. The van der Waals surface area contributed by atoms with Crippen molar-refractivity contribution in [2.75, 3.05) is 13.1 Å². The number of rotatable bonds is 1. The van der Waals surface area contributed by atoms with Crippen molar-refractivity contribution in [2.24, 2.45) is 5.41 Å². The summed E-state index contributed by atoms with van der Waals surface area (Å²) < 4.78 is 0. The summed E-state index contributed by atoms with van der Waals surface area (Å²) in [7, 11) is 0. The molecule has 1 saturated heterocycles. The zero-order chi connectivity index (χ0) is 7.90. The lowest BCUT2D eigenvalue weighted by atomic mass is 9.60. The standard InChI is InChI=1S/C7H12N2O2/c10-6(11)9-5-1-2-7(5)3-8-4-7/h5,8-9H,1-4H2,(H,10,11). The smallest absolute Gasteiger partial charge is 0.404 e. The van der Waals surface area contributed by atoms with Crippen LogP contribution in [0.5, 0.6) is 0 Å². The Morgan fingerprint density at radius 1 is 1.64 bits per heavy atom. The summed E-state index contributed by atoms with van der Waals surface area (Å²) in [6, 6.07) is 0.209. The van der Waals surface area contributed by atoms with Gasteiger partial charge in [0.1, 0.15) is 0 Å². The summed E-state index contributed by atoms with van der Waals surface area (Å²) in [4.78, 5) is 10.3. The molecule has 4 nitrogen and oxygen atoms in total. The zero-order valence-corrected chi connectivity index (χ0v) is 6.26. The summed E-state index contributed by atoms with van der Waals surface area (Å²) in [6.45, 7) is 1.97. The molecule has 0 aromatic rings. The molecule has 1 aliphatic heterocycles. The maximum Gasteiger partial charge on any atom is 0.404 e. The molecule has 1 spiro atoms. The van der Waals surface area contributed by atoms with Crippen molar-refractivity contribution in [3.63, 3.8) is 0 Å². The molecule has 1 unspecified atom stereocenters. The van der Waals surface area contributed by atoms with Gasteiger partial charge in [0, 0.05) is 24.5 Å². The number of hydrogen-bond donors (Lipinski definition) is 3. The van der Waals surface area contributed by atoms with E-state index in [2.05, 4.69) is 10.6 Å². The topological polar surface area (TPSA) is 61.4 Å². The molecule has 3 N–H and O–H groups in total. The van der Waals surface area contributed by atoms with E-state index in [-0.39, 0.29) is 6.04 Å². The quantitative estimate of drug-likeness (QED) is 0.501. The van der Waals surface area contributed by atoms with Crippen LogP contribution >= 0.6 is 0 Å². The van der Waals surface area contributed by atoms with Gasteiger partial charge < -0.3 is 15.7 Å². The third kappa shape index (κ3) is 0.894. The molecule has 1 heterocycles. The Labute approximate surface area is 65.0 Å². The van der Waals surface area contributed by atoms with E-state index in [9.17, 15) is 4.79 Å². The van der Waals surface area contributed by atoms with Gasteiger partial charge in [-0.25, -0.2) is 4.79 Å². The van der Waals surface area contributed by atoms with Crippen LogP contribution in [0.25, 0.3) is 0 Å². The fourth-order valence-electron chi connectivity index (χ4n) is 1.94. The minimum absolute atomic E-state index is 0.209. The first-order chi connectivity index (χ1) is 5.23. The van der Waals surface area contributed by atoms with Gasteiger partial charge in [-0.3, -0.25) is 0 Å². The van der Waals surface area contributed by atoms with Gasteiger partial charge in [-0.15, -0.1) is 0 Å². The molecule has 2 rings (SSSR count). The van der Waals surface area contributed by atoms with Gasteiger partial charge in [-0.2, -0.15) is 0 Å². The highest BCUT2D eigenvalue weighted by Gasteiger charge is 2.51. The highest BCUT2D eigenvalue weighted by atomic mass is 16.4. The fraction of sp³-hybridized carbons (Fsp3) is 0.857. The average Bonchev–Trinajstić information content (AvgIpc) is 1.76. The maximum atomic E-state index is 10.3. The minimum Gasteiger partial charge on any atom is -0.465 e. The highest BCUT2D eigenvalue weighted by molar-refractivity contribution is 5.65. The molecule has 2 fully saturated rings. The van der Waals surface area contributed by atoms with E-state index in [0.717, 1.165) is 19.5 Å². The summed E-state index contributed by atoms with van der Waals surface area (Å²) in [6.07, 6.45) is 1.29. The Hall–Kier alpha value is -0.770. The van der Waals surface area contributed by atoms with Gasteiger partial charge >= 0.3 is 6.09 Å². The third-order valence-corrected chi connectivity index (χ3v) is 2.92. The Morgan fingerprint density at radius 3 is 2.64 bits per heavy atom. The monoisotopic (exact) mass is 156 g/mol. The summed E-state index contributed by atoms with van der Waals surface area (Å²) in [5.41, 5.74) is 0.290. The van der Waals surface area contributed by atoms with E-state index in [4.69, 9.17) is 5.11 Å². The molecule has 1 saturated carbocycles. The average molecular weight is 156 g/mol. The molecule has 0 radical (unpaired) electrons. The summed E-state index contributed by atoms with van der Waals surface area (Å²) in [5, 5.41) is 14.2. The van der Waals surface area contributed by atoms with E-state index in [0.29, 0.717) is 5.41 Å². The molecular weight excluding hydrogens is 144 g/mol. The van der Waals surface area contributed by atoms with E-state index in [1.807, 2.05) is 0 Å². The van der Waals surface area contributed by atoms with Crippen LogP contribution in [-0.2, 0) is 0 Å². The van der Waals surface area contributed by atoms with Crippen LogP contribution in [0.15, 0.2) is 0 Å². The number of nitrogens with one attached hydrogen (secondary N) is 2. The molecule has 4 heteroatoms. The van der Waals surface area contributed by atoms with Crippen molar-refractivity contribution < 1.29 is 9.90 Å². The van der Waals surface area contributed by atoms with Crippen molar-refractivity contribution in [1.82, 2.24) is 10.6 Å². The second-order valence-corrected chi connectivity index (χ2v) is 3.51. The van der Waals surface area contributed by atoms with Crippen molar-refractivity contribution >= 4 is 6.09 Å². The van der Waals surface area contributed by atoms with Crippen LogP contribution < -0.4 is 10.6 Å². The molecular formula is C7H12N2O2. The van der Waals surface area contributed by atoms with Crippen molar-refractivity contribution in [3.05, 3.63) is 0 Å². The van der Waals surface area contributed by atoms with E-state index in [1.54, 1.807) is 0 Å². The van der Waals surface area contributed by atoms with Crippen molar-refractivity contribution in [1.29, 1.82) is 0 Å². The maximum absolute atomic E-state index is 10.3. The largest absolute Gasteiger partial charge is 0.465 e. The van der Waals surface area contributed by atoms with Gasteiger partial charge in [0.25, 0.3) is 0 Å². The number of carboxylic acid groups (broad SMARTS) is 1. The van der Waals surface area contributed by atoms with Crippen LogP contribution in [0.2, 0.25) is 0 Å². The van der Waals surface area contributed by atoms with Crippen LogP contribution in [0, 0.1) is 5.41 Å². The zero-order valence-electron chi connectivity index (χ0n) is 6.26. The summed E-state index contributed by atoms with van der Waals surface area (Å²) >= 11 is 0. The molecule has 0 bridgehead atoms. The second kappa shape index (κ2) is 2.11. The van der Waals surface area contributed by atoms with Crippen LogP contribution in [0.1, 0.15) is 12.8 Å². The minimum atomic E-state index is -0.888. The predicted octanol–water partition coefficient (Wildman–Crippen LogP) is 0.00600. The molecule has 1 amide bonds. The Balaban J connectivity index is 1.90. The van der Waals surface area contributed by atoms with Crippen molar-refractivity contribution in [3.8, 4) is 0 Å². The SMILES string of the molecule is O=C(O)NC1CCC12CNC2. The first-order valence-corrected chi connectivity index (χ1v) is 3.93. The molecule has 1 atom stereocenters. The van der Waals surface area contributed by atoms with Crippen molar-refractivity contribution in [2.45, 2.75) is 18.9 Å². The predicted molar refractivity (Wildman–Crippen MR) is 39.5 cm³/mol. The third-order valence-electron chi connectivity index (χ3n) is 2.92. The lowest BCUT2D eigenvalue weighted by molar-refractivity contribution is 0.0104. The molecule has 0 aromatic heterocycles. The molecule has 62 valence electrons. The normalized spacial score (nSPS) is 32.2. The van der Waals surface area contributed by atoms with Gasteiger partial charge in [0.05, 0.1) is 0 Å². The number of amides is 1. The fourth-order valence-corrected chi connectivity index (χ4v) is 1.94. The Kier molecular flexibility index (Phi) is 1.32. The van der Waals surface area contributed by atoms with E-state index in [1.165, 1.54) is 6.42 Å². The molecule has 1 aliphatic carbocycles. The lowest BCUT2D eigenvalue weighted by Crippen LogP contribution is -2.69. The molecule has 0 aromatic carbocycles. The molecule has 11 heavy (non-hydrogen) atoms. The van der Waals surface area contributed by atoms with Crippen LogP contribution in [0.3, 0.4) is 0 Å².